The van der Waals surface area contributed by atoms with Gasteiger partial charge in [-0.05, 0) is 66.7 Å². The molecule has 4 aromatic rings. The number of hydrazine groups is 1. The lowest BCUT2D eigenvalue weighted by atomic mass is 10.2. The van der Waals surface area contributed by atoms with Crippen molar-refractivity contribution in [3.8, 4) is 17.2 Å². The Morgan fingerprint density at radius 2 is 1.46 bits per heavy atom. The Balaban J connectivity index is 1.42. The Labute approximate surface area is 210 Å². The number of pyridine rings is 1. The molecule has 2 aromatic carbocycles. The first kappa shape index (κ1) is 25.9. The van der Waals surface area contributed by atoms with Crippen LogP contribution in [0.25, 0.3) is 5.69 Å². The third-order valence-electron chi connectivity index (χ3n) is 4.98. The molecule has 2 heterocycles. The zero-order valence-electron chi connectivity index (χ0n) is 18.4. The summed E-state index contributed by atoms with van der Waals surface area (Å²) in [5.41, 5.74) is 3.62. The van der Waals surface area contributed by atoms with Crippen molar-refractivity contribution < 1.29 is 35.9 Å². The van der Waals surface area contributed by atoms with Gasteiger partial charge in [-0.2, -0.15) is 26.3 Å². The van der Waals surface area contributed by atoms with Crippen molar-refractivity contribution in [2.45, 2.75) is 12.4 Å². The normalized spacial score (nSPS) is 11.8. The maximum atomic E-state index is 12.8. The minimum Gasteiger partial charge on any atom is -0.457 e. The molecule has 0 radical (unpaired) electrons. The van der Waals surface area contributed by atoms with E-state index in [2.05, 4.69) is 15.8 Å². The van der Waals surface area contributed by atoms with E-state index in [0.29, 0.717) is 23.7 Å². The third-order valence-corrected chi connectivity index (χ3v) is 5.26. The van der Waals surface area contributed by atoms with E-state index in [9.17, 15) is 31.1 Å². The Morgan fingerprint density at radius 1 is 0.865 bits per heavy atom. The van der Waals surface area contributed by atoms with Crippen LogP contribution in [0.2, 0.25) is 5.02 Å². The molecule has 2 N–H and O–H groups in total. The summed E-state index contributed by atoms with van der Waals surface area (Å²) in [6, 6.07) is 14.4. The van der Waals surface area contributed by atoms with Crippen LogP contribution in [0.5, 0.6) is 11.5 Å². The highest BCUT2D eigenvalue weighted by molar-refractivity contribution is 6.33. The van der Waals surface area contributed by atoms with Gasteiger partial charge in [0.25, 0.3) is 5.91 Å². The lowest BCUT2D eigenvalue weighted by Crippen LogP contribution is -2.31. The van der Waals surface area contributed by atoms with E-state index >= 15 is 0 Å². The summed E-state index contributed by atoms with van der Waals surface area (Å²) in [5.74, 6) is -0.242. The number of anilines is 1. The predicted molar refractivity (Wildman–Crippen MR) is 123 cm³/mol. The maximum absolute atomic E-state index is 12.8. The first-order valence-electron chi connectivity index (χ1n) is 10.3. The molecule has 0 spiro atoms. The van der Waals surface area contributed by atoms with Crippen LogP contribution in [0, 0.1) is 0 Å². The van der Waals surface area contributed by atoms with E-state index in [4.69, 9.17) is 16.3 Å². The van der Waals surface area contributed by atoms with Gasteiger partial charge in [0.1, 0.15) is 17.2 Å². The smallest absolute Gasteiger partial charge is 0.417 e. The Morgan fingerprint density at radius 3 is 2.03 bits per heavy atom. The van der Waals surface area contributed by atoms with E-state index in [1.54, 1.807) is 36.5 Å². The minimum atomic E-state index is -4.61. The molecular formula is C24H15ClF6N4O2. The minimum absolute atomic E-state index is 0.173. The summed E-state index contributed by atoms with van der Waals surface area (Å²) in [6.07, 6.45) is -6.88. The number of carbonyl (C=O) groups excluding carboxylic acids is 1. The van der Waals surface area contributed by atoms with Crippen molar-refractivity contribution in [2.24, 2.45) is 0 Å². The zero-order chi connectivity index (χ0) is 26.8. The number of aromatic nitrogens is 2. The number of nitrogens with one attached hydrogen (secondary N) is 2. The molecule has 0 aliphatic rings. The third kappa shape index (κ3) is 6.15. The van der Waals surface area contributed by atoms with Crippen molar-refractivity contribution in [2.75, 3.05) is 5.43 Å². The largest absolute Gasteiger partial charge is 0.457 e. The van der Waals surface area contributed by atoms with Gasteiger partial charge in [-0.15, -0.1) is 0 Å². The average molecular weight is 541 g/mol. The number of ether oxygens (including phenoxy) is 1. The highest BCUT2D eigenvalue weighted by atomic mass is 35.5. The summed E-state index contributed by atoms with van der Waals surface area (Å²) < 4.78 is 83.5. The average Bonchev–Trinajstić information content (AvgIpc) is 3.33. The lowest BCUT2D eigenvalue weighted by molar-refractivity contribution is -0.138. The number of rotatable bonds is 6. The Bertz CT molecular complexity index is 1400. The number of nitrogens with zero attached hydrogens (tertiary/aromatic N) is 2. The molecule has 0 aliphatic heterocycles. The van der Waals surface area contributed by atoms with Crippen molar-refractivity contribution in [1.29, 1.82) is 0 Å². The SMILES string of the molecule is O=C(NNc1ncc(C(F)(F)F)cc1Cl)c1cccn1-c1ccc(Oc2ccc(C(F)(F)F)cc2)cc1. The van der Waals surface area contributed by atoms with Crippen molar-refractivity contribution in [3.63, 3.8) is 0 Å². The molecule has 192 valence electrons. The highest BCUT2D eigenvalue weighted by Gasteiger charge is 2.32. The van der Waals surface area contributed by atoms with Gasteiger partial charge in [0.05, 0.1) is 16.1 Å². The zero-order valence-corrected chi connectivity index (χ0v) is 19.1. The van der Waals surface area contributed by atoms with Gasteiger partial charge in [-0.1, -0.05) is 11.6 Å². The van der Waals surface area contributed by atoms with Gasteiger partial charge >= 0.3 is 12.4 Å². The van der Waals surface area contributed by atoms with Gasteiger partial charge in [0, 0.05) is 18.1 Å². The van der Waals surface area contributed by atoms with Gasteiger partial charge in [-0.25, -0.2) is 4.98 Å². The molecule has 0 fully saturated rings. The molecule has 0 saturated heterocycles. The Hall–Kier alpha value is -4.19. The fraction of sp³-hybridized carbons (Fsp3) is 0.0833. The molecule has 0 saturated carbocycles. The number of carbonyl (C=O) groups is 1. The molecule has 1 amide bonds. The van der Waals surface area contributed by atoms with Gasteiger partial charge in [0.15, 0.2) is 5.82 Å². The van der Waals surface area contributed by atoms with E-state index in [-0.39, 0.29) is 22.3 Å². The molecule has 0 aliphatic carbocycles. The van der Waals surface area contributed by atoms with Crippen LogP contribution in [0.4, 0.5) is 32.2 Å². The molecule has 4 rings (SSSR count). The summed E-state index contributed by atoms with van der Waals surface area (Å²) >= 11 is 5.83. The number of benzene rings is 2. The van der Waals surface area contributed by atoms with E-state index in [1.807, 2.05) is 0 Å². The molecular weight excluding hydrogens is 526 g/mol. The molecule has 0 unspecified atom stereocenters. The van der Waals surface area contributed by atoms with Crippen molar-refractivity contribution in [3.05, 3.63) is 101 Å². The summed E-state index contributed by atoms with van der Waals surface area (Å²) in [6.45, 7) is 0. The molecule has 37 heavy (non-hydrogen) atoms. The van der Waals surface area contributed by atoms with Crippen LogP contribution in [0.15, 0.2) is 79.1 Å². The van der Waals surface area contributed by atoms with Crippen LogP contribution in [0.3, 0.4) is 0 Å². The number of halogens is 7. The molecule has 0 bridgehead atoms. The second-order valence-corrected chi connectivity index (χ2v) is 7.92. The number of hydrogen-bond acceptors (Lipinski definition) is 4. The van der Waals surface area contributed by atoms with E-state index < -0.39 is 29.4 Å². The van der Waals surface area contributed by atoms with Gasteiger partial charge in [0.2, 0.25) is 0 Å². The second kappa shape index (κ2) is 10.1. The highest BCUT2D eigenvalue weighted by Crippen LogP contribution is 2.33. The van der Waals surface area contributed by atoms with E-state index in [0.717, 1.165) is 12.1 Å². The Kier molecular flexibility index (Phi) is 7.03. The summed E-state index contributed by atoms with van der Waals surface area (Å²) in [7, 11) is 0. The van der Waals surface area contributed by atoms with Crippen LogP contribution in [0.1, 0.15) is 21.6 Å². The molecule has 2 aromatic heterocycles. The fourth-order valence-electron chi connectivity index (χ4n) is 3.18. The lowest BCUT2D eigenvalue weighted by Gasteiger charge is -2.13. The topological polar surface area (TPSA) is 68.2 Å². The van der Waals surface area contributed by atoms with Gasteiger partial charge in [-0.3, -0.25) is 15.6 Å². The molecule has 13 heteroatoms. The molecule has 0 atom stereocenters. The van der Waals surface area contributed by atoms with Crippen LogP contribution in [-0.2, 0) is 12.4 Å². The summed E-state index contributed by atoms with van der Waals surface area (Å²) in [4.78, 5) is 16.3. The van der Waals surface area contributed by atoms with Crippen LogP contribution < -0.4 is 15.6 Å². The fourth-order valence-corrected chi connectivity index (χ4v) is 3.39. The molecule has 6 nitrogen and oxygen atoms in total. The number of alkyl halides is 6. The number of amides is 1. The standard InChI is InChI=1S/C24H15ClF6N4O2/c25-19-12-15(24(29,30)31)13-32-21(19)33-34-22(36)20-2-1-11-35(20)16-5-9-18(10-6-16)37-17-7-3-14(4-8-17)23(26,27)28/h1-13H,(H,32,33)(H,34,36). The van der Waals surface area contributed by atoms with E-state index in [1.165, 1.54) is 22.8 Å². The summed E-state index contributed by atoms with van der Waals surface area (Å²) in [5, 5.41) is -0.339. The van der Waals surface area contributed by atoms with Crippen LogP contribution >= 0.6 is 11.6 Å². The van der Waals surface area contributed by atoms with Crippen molar-refractivity contribution in [1.82, 2.24) is 15.0 Å². The maximum Gasteiger partial charge on any atom is 0.417 e. The van der Waals surface area contributed by atoms with Crippen molar-refractivity contribution >= 4 is 23.3 Å². The first-order valence-corrected chi connectivity index (χ1v) is 10.7. The number of hydrogen-bond donors (Lipinski definition) is 2. The quantitative estimate of drug-likeness (QED) is 0.202. The second-order valence-electron chi connectivity index (χ2n) is 7.51. The predicted octanol–water partition coefficient (Wildman–Crippen LogP) is 7.11. The monoisotopic (exact) mass is 540 g/mol. The first-order chi connectivity index (χ1) is 17.4. The van der Waals surface area contributed by atoms with Gasteiger partial charge < -0.3 is 9.30 Å². The van der Waals surface area contributed by atoms with Crippen LogP contribution in [-0.4, -0.2) is 15.5 Å².